The van der Waals surface area contributed by atoms with Gasteiger partial charge in [0.05, 0.1) is 24.8 Å². The zero-order chi connectivity index (χ0) is 15.5. The first-order chi connectivity index (χ1) is 10.7. The van der Waals surface area contributed by atoms with E-state index in [9.17, 15) is 10.1 Å². The Morgan fingerprint density at radius 1 is 1.36 bits per heavy atom. The van der Waals surface area contributed by atoms with Crippen LogP contribution in [0.2, 0.25) is 0 Å². The average Bonchev–Trinajstić information content (AvgIpc) is 3.09. The van der Waals surface area contributed by atoms with Crippen molar-refractivity contribution in [1.29, 1.82) is 5.26 Å². The molecule has 3 atom stereocenters. The van der Waals surface area contributed by atoms with Gasteiger partial charge in [0.25, 0.3) is 0 Å². The van der Waals surface area contributed by atoms with Crippen molar-refractivity contribution in [3.05, 3.63) is 35.9 Å². The summed E-state index contributed by atoms with van der Waals surface area (Å²) >= 11 is 0. The van der Waals surface area contributed by atoms with Crippen molar-refractivity contribution in [3.8, 4) is 6.07 Å². The molecule has 0 radical (unpaired) electrons. The van der Waals surface area contributed by atoms with Crippen molar-refractivity contribution < 1.29 is 9.53 Å². The summed E-state index contributed by atoms with van der Waals surface area (Å²) in [5.41, 5.74) is 1.24. The Hall–Kier alpha value is -1.90. The summed E-state index contributed by atoms with van der Waals surface area (Å²) in [6.07, 6.45) is 0.602. The van der Waals surface area contributed by atoms with Crippen molar-refractivity contribution in [2.24, 2.45) is 5.92 Å². The van der Waals surface area contributed by atoms with Crippen molar-refractivity contribution in [1.82, 2.24) is 9.80 Å². The zero-order valence-corrected chi connectivity index (χ0v) is 12.8. The molecular formula is C17H21N3O2. The SMILES string of the molecule is CCOC(=O)C1CC(C#N)C2N(Cc3ccccc3)CCN12. The highest BCUT2D eigenvalue weighted by molar-refractivity contribution is 5.76. The molecule has 0 spiro atoms. The van der Waals surface area contributed by atoms with E-state index in [1.54, 1.807) is 0 Å². The van der Waals surface area contributed by atoms with Crippen LogP contribution in [0.25, 0.3) is 0 Å². The highest BCUT2D eigenvalue weighted by Gasteiger charge is 2.50. The van der Waals surface area contributed by atoms with Crippen LogP contribution in [0.1, 0.15) is 18.9 Å². The molecule has 0 N–H and O–H groups in total. The first-order valence-electron chi connectivity index (χ1n) is 7.84. The number of carbonyl (C=O) groups excluding carboxylic acids is 1. The third kappa shape index (κ3) is 2.72. The van der Waals surface area contributed by atoms with Gasteiger partial charge >= 0.3 is 5.97 Å². The maximum absolute atomic E-state index is 12.1. The second kappa shape index (κ2) is 6.47. The largest absolute Gasteiger partial charge is 0.465 e. The first kappa shape index (κ1) is 15.0. The molecular weight excluding hydrogens is 278 g/mol. The lowest BCUT2D eigenvalue weighted by Gasteiger charge is -2.27. The van der Waals surface area contributed by atoms with E-state index in [1.807, 2.05) is 25.1 Å². The number of carbonyl (C=O) groups is 1. The number of hydrogen-bond acceptors (Lipinski definition) is 5. The van der Waals surface area contributed by atoms with E-state index < -0.39 is 0 Å². The average molecular weight is 299 g/mol. The van der Waals surface area contributed by atoms with E-state index in [1.165, 1.54) is 5.56 Å². The lowest BCUT2D eigenvalue weighted by Crippen LogP contribution is -2.42. The molecule has 2 fully saturated rings. The monoisotopic (exact) mass is 299 g/mol. The van der Waals surface area contributed by atoms with Gasteiger partial charge in [0.2, 0.25) is 0 Å². The Labute approximate surface area is 131 Å². The summed E-state index contributed by atoms with van der Waals surface area (Å²) in [4.78, 5) is 16.6. The van der Waals surface area contributed by atoms with E-state index in [2.05, 4.69) is 28.0 Å². The van der Waals surface area contributed by atoms with Crippen LogP contribution in [0.5, 0.6) is 0 Å². The predicted octanol–water partition coefficient (Wildman–Crippen LogP) is 1.61. The third-order valence-electron chi connectivity index (χ3n) is 4.55. The van der Waals surface area contributed by atoms with Crippen LogP contribution in [0.3, 0.4) is 0 Å². The second-order valence-electron chi connectivity index (χ2n) is 5.85. The van der Waals surface area contributed by atoms with Crippen LogP contribution in [0.15, 0.2) is 30.3 Å². The molecule has 5 heteroatoms. The highest BCUT2D eigenvalue weighted by atomic mass is 16.5. The molecule has 0 aliphatic carbocycles. The molecule has 2 saturated heterocycles. The molecule has 2 heterocycles. The number of benzene rings is 1. The van der Waals surface area contributed by atoms with Crippen LogP contribution < -0.4 is 0 Å². The van der Waals surface area contributed by atoms with Crippen molar-refractivity contribution in [2.45, 2.75) is 32.1 Å². The van der Waals surface area contributed by atoms with Crippen molar-refractivity contribution in [2.75, 3.05) is 19.7 Å². The number of hydrogen-bond donors (Lipinski definition) is 0. The first-order valence-corrected chi connectivity index (χ1v) is 7.84. The minimum atomic E-state index is -0.268. The molecule has 22 heavy (non-hydrogen) atoms. The molecule has 1 aromatic carbocycles. The minimum absolute atomic E-state index is 0.0274. The Morgan fingerprint density at radius 2 is 2.14 bits per heavy atom. The number of rotatable bonds is 4. The highest BCUT2D eigenvalue weighted by Crippen LogP contribution is 2.36. The number of ether oxygens (including phenoxy) is 1. The standard InChI is InChI=1S/C17H21N3O2/c1-2-22-17(21)15-10-14(11-18)16-19(8-9-20(15)16)12-13-6-4-3-5-7-13/h3-7,14-16H,2,8-10,12H2,1H3. The molecule has 3 rings (SSSR count). The maximum Gasteiger partial charge on any atom is 0.323 e. The van der Waals surface area contributed by atoms with Crippen LogP contribution in [-0.4, -0.2) is 47.7 Å². The summed E-state index contributed by atoms with van der Waals surface area (Å²) in [5, 5.41) is 9.47. The van der Waals surface area contributed by atoms with Gasteiger partial charge in [0.15, 0.2) is 0 Å². The van der Waals surface area contributed by atoms with Crippen LogP contribution in [0.4, 0.5) is 0 Å². The molecule has 2 aliphatic rings. The summed E-state index contributed by atoms with van der Waals surface area (Å²) in [6, 6.07) is 12.4. The van der Waals surface area contributed by atoms with Crippen LogP contribution in [-0.2, 0) is 16.1 Å². The van der Waals surface area contributed by atoms with Gasteiger partial charge in [-0.15, -0.1) is 0 Å². The molecule has 2 aliphatic heterocycles. The molecule has 0 amide bonds. The van der Waals surface area contributed by atoms with E-state index in [-0.39, 0.29) is 24.1 Å². The quantitative estimate of drug-likeness (QED) is 0.791. The number of nitriles is 1. The van der Waals surface area contributed by atoms with E-state index in [0.717, 1.165) is 19.6 Å². The van der Waals surface area contributed by atoms with Gasteiger partial charge in [-0.3, -0.25) is 14.6 Å². The fourth-order valence-electron chi connectivity index (χ4n) is 3.62. The van der Waals surface area contributed by atoms with E-state index >= 15 is 0 Å². The number of esters is 1. The fraction of sp³-hybridized carbons (Fsp3) is 0.529. The number of nitrogens with zero attached hydrogens (tertiary/aromatic N) is 3. The Bertz CT molecular complexity index is 569. The van der Waals surface area contributed by atoms with E-state index in [0.29, 0.717) is 13.0 Å². The Kier molecular flexibility index (Phi) is 4.41. The summed E-state index contributed by atoms with van der Waals surface area (Å²) in [6.45, 7) is 4.72. The molecule has 0 aromatic heterocycles. The summed E-state index contributed by atoms with van der Waals surface area (Å²) in [5.74, 6) is -0.326. The Morgan fingerprint density at radius 3 is 2.82 bits per heavy atom. The topological polar surface area (TPSA) is 56.6 Å². The summed E-state index contributed by atoms with van der Waals surface area (Å²) in [7, 11) is 0. The van der Waals surface area contributed by atoms with Crippen molar-refractivity contribution >= 4 is 5.97 Å². The number of fused-ring (bicyclic) bond motifs is 1. The molecule has 5 nitrogen and oxygen atoms in total. The zero-order valence-electron chi connectivity index (χ0n) is 12.8. The molecule has 1 aromatic rings. The minimum Gasteiger partial charge on any atom is -0.465 e. The van der Waals surface area contributed by atoms with Gasteiger partial charge < -0.3 is 4.74 Å². The lowest BCUT2D eigenvalue weighted by molar-refractivity contribution is -0.148. The normalized spacial score (nSPS) is 28.3. The molecule has 116 valence electrons. The third-order valence-corrected chi connectivity index (χ3v) is 4.55. The van der Waals surface area contributed by atoms with E-state index in [4.69, 9.17) is 4.74 Å². The smallest absolute Gasteiger partial charge is 0.323 e. The predicted molar refractivity (Wildman–Crippen MR) is 81.5 cm³/mol. The summed E-state index contributed by atoms with van der Waals surface area (Å²) < 4.78 is 5.17. The van der Waals surface area contributed by atoms with Gasteiger partial charge in [0.1, 0.15) is 6.04 Å². The molecule has 0 bridgehead atoms. The maximum atomic E-state index is 12.1. The molecule has 3 unspecified atom stereocenters. The second-order valence-corrected chi connectivity index (χ2v) is 5.85. The van der Waals surface area contributed by atoms with Gasteiger partial charge in [-0.2, -0.15) is 5.26 Å². The fourth-order valence-corrected chi connectivity index (χ4v) is 3.62. The van der Waals surface area contributed by atoms with Gasteiger partial charge in [-0.25, -0.2) is 0 Å². The van der Waals surface area contributed by atoms with Crippen LogP contribution >= 0.6 is 0 Å². The van der Waals surface area contributed by atoms with Gasteiger partial charge in [-0.05, 0) is 18.9 Å². The van der Waals surface area contributed by atoms with Crippen LogP contribution in [0, 0.1) is 17.2 Å². The molecule has 0 saturated carbocycles. The van der Waals surface area contributed by atoms with Crippen molar-refractivity contribution in [3.63, 3.8) is 0 Å². The lowest BCUT2D eigenvalue weighted by atomic mass is 10.0. The Balaban J connectivity index is 1.75. The van der Waals surface area contributed by atoms with Gasteiger partial charge in [-0.1, -0.05) is 30.3 Å². The van der Waals surface area contributed by atoms with Gasteiger partial charge in [0, 0.05) is 19.6 Å².